The summed E-state index contributed by atoms with van der Waals surface area (Å²) in [5, 5.41) is 20.7. The van der Waals surface area contributed by atoms with E-state index in [9.17, 15) is 37.1 Å². The first kappa shape index (κ1) is 42.9. The second-order valence-electron chi connectivity index (χ2n) is 17.4. The monoisotopic (exact) mass is 869 g/mol. The lowest BCUT2D eigenvalue weighted by Gasteiger charge is -2.48. The van der Waals surface area contributed by atoms with Gasteiger partial charge in [0.25, 0.3) is 11.8 Å². The van der Waals surface area contributed by atoms with Gasteiger partial charge < -0.3 is 25.5 Å². The van der Waals surface area contributed by atoms with Crippen LogP contribution in [0.1, 0.15) is 92.0 Å². The number of rotatable bonds is 14. The number of nitrogens with one attached hydrogen (secondary N) is 3. The number of aromatic nitrogens is 3. The van der Waals surface area contributed by atoms with Gasteiger partial charge in [-0.15, -0.1) is 0 Å². The van der Waals surface area contributed by atoms with Gasteiger partial charge in [-0.05, 0) is 92.8 Å². The molecule has 0 aliphatic carbocycles. The first-order chi connectivity index (χ1) is 29.5. The minimum atomic E-state index is -3.35. The molecule has 0 bridgehead atoms. The predicted octanol–water partition coefficient (Wildman–Crippen LogP) is 4.72. The smallest absolute Gasteiger partial charge is 0.262 e. The minimum absolute atomic E-state index is 0.0146. The van der Waals surface area contributed by atoms with Gasteiger partial charge >= 0.3 is 0 Å². The summed E-state index contributed by atoms with van der Waals surface area (Å²) in [5.74, 6) is -0.486. The van der Waals surface area contributed by atoms with Crippen LogP contribution in [0.5, 0.6) is 0 Å². The first-order valence-corrected chi connectivity index (χ1v) is 23.0. The van der Waals surface area contributed by atoms with Crippen molar-refractivity contribution in [1.29, 1.82) is 0 Å². The molecule has 0 saturated carbocycles. The third-order valence-electron chi connectivity index (χ3n) is 12.6. The van der Waals surface area contributed by atoms with E-state index in [4.69, 9.17) is 4.98 Å². The first-order valence-electron chi connectivity index (χ1n) is 21.2. The normalized spacial score (nSPS) is 24.1. The highest BCUT2D eigenvalue weighted by Gasteiger charge is 2.45. The number of nitrogens with zero attached hydrogens (tertiary/aromatic N) is 6. The number of aliphatic hydroxyl groups is 1. The molecule has 18 heteroatoms. The molecule has 328 valence electrons. The second-order valence-corrected chi connectivity index (χ2v) is 19.7. The minimum Gasteiger partial charge on any atom is -0.390 e. The van der Waals surface area contributed by atoms with Gasteiger partial charge in [0.2, 0.25) is 17.8 Å². The fourth-order valence-electron chi connectivity index (χ4n) is 8.95. The molecule has 6 heterocycles. The number of pyridine rings is 1. The summed E-state index contributed by atoms with van der Waals surface area (Å²) in [6.07, 6.45) is 3.83. The number of aliphatic hydroxyl groups excluding tert-OH is 1. The molecule has 62 heavy (non-hydrogen) atoms. The van der Waals surface area contributed by atoms with Crippen LogP contribution in [0.2, 0.25) is 0 Å². The van der Waals surface area contributed by atoms with Crippen molar-refractivity contribution in [3.05, 3.63) is 71.5 Å². The van der Waals surface area contributed by atoms with Crippen molar-refractivity contribution in [3.8, 4) is 0 Å². The van der Waals surface area contributed by atoms with Gasteiger partial charge in [-0.1, -0.05) is 19.9 Å². The summed E-state index contributed by atoms with van der Waals surface area (Å²) >= 11 is 0. The second kappa shape index (κ2) is 16.8. The highest BCUT2D eigenvalue weighted by molar-refractivity contribution is 7.91. The van der Waals surface area contributed by atoms with Crippen molar-refractivity contribution < 1.29 is 37.1 Å². The number of hydrogen-bond donors (Lipinski definition) is 4. The van der Waals surface area contributed by atoms with Crippen LogP contribution in [-0.2, 0) is 19.4 Å². The van der Waals surface area contributed by atoms with Gasteiger partial charge in [-0.3, -0.25) is 29.4 Å². The Morgan fingerprint density at radius 3 is 2.52 bits per heavy atom. The van der Waals surface area contributed by atoms with Crippen molar-refractivity contribution in [3.63, 3.8) is 0 Å². The number of carbonyl (C=O) groups is 4. The third-order valence-corrected chi connectivity index (χ3v) is 14.5. The van der Waals surface area contributed by atoms with Crippen LogP contribution in [-0.4, -0.2) is 119 Å². The molecule has 8 rings (SSSR count). The van der Waals surface area contributed by atoms with Crippen LogP contribution in [0.25, 0.3) is 10.8 Å². The maximum absolute atomic E-state index is 14.9. The number of sulfone groups is 1. The lowest BCUT2D eigenvalue weighted by atomic mass is 9.88. The van der Waals surface area contributed by atoms with Crippen LogP contribution in [0, 0.1) is 5.92 Å². The fraction of sp³-hybridized carbons (Fsp3) is 0.477. The summed E-state index contributed by atoms with van der Waals surface area (Å²) in [6, 6.07) is 11.7. The lowest BCUT2D eigenvalue weighted by molar-refractivity contribution is -0.136. The molecular weight excluding hydrogens is 818 g/mol. The summed E-state index contributed by atoms with van der Waals surface area (Å²) in [5.41, 5.74) is 1.33. The zero-order valence-electron chi connectivity index (χ0n) is 35.2. The summed E-state index contributed by atoms with van der Waals surface area (Å²) in [6.45, 7) is 9.18. The maximum Gasteiger partial charge on any atom is 0.262 e. The number of piperidine rings is 2. The summed E-state index contributed by atoms with van der Waals surface area (Å²) < 4.78 is 41.5. The number of imide groups is 2. The lowest BCUT2D eigenvalue weighted by Crippen LogP contribution is -2.57. The number of amides is 4. The molecule has 5 atom stereocenters. The molecule has 4 aliphatic heterocycles. The van der Waals surface area contributed by atoms with Crippen molar-refractivity contribution in [2.45, 2.75) is 89.6 Å². The number of fused-ring (bicyclic) bond motifs is 2. The molecule has 0 radical (unpaired) electrons. The van der Waals surface area contributed by atoms with E-state index < -0.39 is 51.3 Å². The van der Waals surface area contributed by atoms with Gasteiger partial charge in [0.1, 0.15) is 17.7 Å². The third kappa shape index (κ3) is 8.54. The molecule has 4 aromatic rings. The highest BCUT2D eigenvalue weighted by atomic mass is 32.2. The molecular formula is C44H52FN9O7S. The molecule has 2 aromatic heterocycles. The van der Waals surface area contributed by atoms with E-state index in [1.807, 2.05) is 12.3 Å². The predicted molar refractivity (Wildman–Crippen MR) is 233 cm³/mol. The fourth-order valence-corrected chi connectivity index (χ4v) is 10.8. The molecule has 2 aromatic carbocycles. The van der Waals surface area contributed by atoms with Gasteiger partial charge in [-0.25, -0.2) is 22.8 Å². The van der Waals surface area contributed by atoms with E-state index in [2.05, 4.69) is 63.7 Å². The number of halogens is 1. The van der Waals surface area contributed by atoms with Crippen LogP contribution >= 0.6 is 0 Å². The SMILES string of the molecule is CC(C)c1ccc(N2C[C@H](CS(=O)(=O)CCCCNc3ccc4c(c3)C(=O)N(C3CCC(=O)NC3=O)C4=O)[C@H]2C)c2cnc(Nc3ccnc(N4CC[C@@H](O)[C@@](C)(F)C4)n3)cc12. The van der Waals surface area contributed by atoms with Crippen LogP contribution in [0.4, 0.5) is 33.3 Å². The van der Waals surface area contributed by atoms with E-state index >= 15 is 0 Å². The Hall–Kier alpha value is -5.75. The molecule has 4 amide bonds. The van der Waals surface area contributed by atoms with Gasteiger partial charge in [0, 0.05) is 67.2 Å². The number of carbonyl (C=O) groups excluding carboxylic acids is 4. The Morgan fingerprint density at radius 2 is 1.77 bits per heavy atom. The van der Waals surface area contributed by atoms with Crippen molar-refractivity contribution in [1.82, 2.24) is 25.2 Å². The summed E-state index contributed by atoms with van der Waals surface area (Å²) in [4.78, 5) is 68.7. The zero-order chi connectivity index (χ0) is 44.1. The standard InChI is InChI=1S/C44H52FN9O7S/c1-25(2)29-9-10-34(33-21-48-38(20-31(29)33)49-37-13-16-47-43(50-37)52-17-14-36(55)44(4,45)24-52)53-22-27(26(53)3)23-62(60,61)18-6-5-15-46-28-7-8-30-32(19-28)42(59)54(41(30)58)35-11-12-39(56)51-40(35)57/h7-10,13,16,19-21,25-27,35-36,46,55H,5-6,11-12,14-15,17-18,22-24H2,1-4H3,(H,51,56,57)(H,47,48,49,50)/t26-,27-,35?,36-,44+/m1/s1. The zero-order valence-corrected chi connectivity index (χ0v) is 36.0. The van der Waals surface area contributed by atoms with E-state index in [-0.39, 0.29) is 66.3 Å². The van der Waals surface area contributed by atoms with Gasteiger partial charge in [0.15, 0.2) is 15.5 Å². The van der Waals surface area contributed by atoms with Crippen molar-refractivity contribution in [2.75, 3.05) is 58.1 Å². The molecule has 0 spiro atoms. The largest absolute Gasteiger partial charge is 0.390 e. The van der Waals surface area contributed by atoms with Crippen LogP contribution in [0.3, 0.4) is 0 Å². The van der Waals surface area contributed by atoms with Gasteiger partial charge in [-0.2, -0.15) is 4.98 Å². The molecule has 4 aliphatic rings. The Labute approximate surface area is 359 Å². The topological polar surface area (TPSA) is 207 Å². The number of benzene rings is 2. The summed E-state index contributed by atoms with van der Waals surface area (Å²) in [7, 11) is -3.35. The number of anilines is 5. The Balaban J connectivity index is 0.846. The van der Waals surface area contributed by atoms with Crippen molar-refractivity contribution >= 4 is 73.2 Å². The molecule has 4 N–H and O–H groups in total. The van der Waals surface area contributed by atoms with E-state index in [0.717, 1.165) is 26.9 Å². The number of alkyl halides is 1. The maximum atomic E-state index is 14.9. The van der Waals surface area contributed by atoms with Crippen molar-refractivity contribution in [2.24, 2.45) is 5.92 Å². The van der Waals surface area contributed by atoms with Gasteiger partial charge in [0.05, 0.1) is 35.3 Å². The average molecular weight is 870 g/mol. The molecule has 3 saturated heterocycles. The van der Waals surface area contributed by atoms with E-state index in [1.165, 1.54) is 13.0 Å². The molecule has 16 nitrogen and oxygen atoms in total. The number of unbranched alkanes of at least 4 members (excludes halogenated alkanes) is 1. The Morgan fingerprint density at radius 1 is 0.984 bits per heavy atom. The Kier molecular flexibility index (Phi) is 11.7. The Bertz CT molecular complexity index is 2550. The molecule has 3 fully saturated rings. The molecule has 1 unspecified atom stereocenters. The van der Waals surface area contributed by atoms with E-state index in [0.29, 0.717) is 55.7 Å². The quantitative estimate of drug-likeness (QED) is 0.1000. The van der Waals surface area contributed by atoms with E-state index in [1.54, 1.807) is 29.3 Å². The number of hydrogen-bond acceptors (Lipinski definition) is 14. The van der Waals surface area contributed by atoms with Crippen LogP contribution in [0.15, 0.2) is 54.9 Å². The average Bonchev–Trinajstić information content (AvgIpc) is 3.47. The van der Waals surface area contributed by atoms with Crippen LogP contribution < -0.4 is 25.8 Å². The highest BCUT2D eigenvalue weighted by Crippen LogP contribution is 2.40.